The molecule has 0 saturated carbocycles. The normalized spacial score (nSPS) is 22.7. The van der Waals surface area contributed by atoms with Gasteiger partial charge < -0.3 is 9.42 Å². The molecule has 2 aliphatic heterocycles. The van der Waals surface area contributed by atoms with Gasteiger partial charge in [-0.15, -0.1) is 0 Å². The predicted octanol–water partition coefficient (Wildman–Crippen LogP) is 4.25. The summed E-state index contributed by atoms with van der Waals surface area (Å²) in [5.41, 5.74) is 1.21. The molecule has 2 aliphatic rings. The van der Waals surface area contributed by atoms with Crippen LogP contribution in [0.3, 0.4) is 0 Å². The highest BCUT2D eigenvalue weighted by molar-refractivity contribution is 5.84. The highest BCUT2D eigenvalue weighted by Gasteiger charge is 2.35. The third kappa shape index (κ3) is 4.10. The van der Waals surface area contributed by atoms with Crippen molar-refractivity contribution in [3.63, 3.8) is 0 Å². The van der Waals surface area contributed by atoms with Crippen LogP contribution in [0.5, 0.6) is 0 Å². The van der Waals surface area contributed by atoms with E-state index in [2.05, 4.69) is 27.1 Å². The van der Waals surface area contributed by atoms with Crippen LogP contribution in [0.15, 0.2) is 22.7 Å². The molecule has 2 fully saturated rings. The lowest BCUT2D eigenvalue weighted by Gasteiger charge is -2.44. The van der Waals surface area contributed by atoms with E-state index < -0.39 is 0 Å². The smallest absolute Gasteiger partial charge is 0.291 e. The lowest BCUT2D eigenvalue weighted by molar-refractivity contribution is -0.130. The van der Waals surface area contributed by atoms with E-state index in [0.717, 1.165) is 56.4 Å². The van der Waals surface area contributed by atoms with E-state index in [0.29, 0.717) is 23.5 Å². The van der Waals surface area contributed by atoms with Gasteiger partial charge in [0.25, 0.3) is 5.95 Å². The van der Waals surface area contributed by atoms with Crippen molar-refractivity contribution in [1.29, 1.82) is 0 Å². The monoisotopic (exact) mass is 468 g/mol. The van der Waals surface area contributed by atoms with E-state index in [1.165, 1.54) is 10.7 Å². The quantitative estimate of drug-likeness (QED) is 0.570. The fraction of sp³-hybridized carbons (Fsp3) is 0.600. The van der Waals surface area contributed by atoms with Gasteiger partial charge in [0, 0.05) is 43.4 Å². The van der Waals surface area contributed by atoms with Gasteiger partial charge in [0.05, 0.1) is 5.69 Å². The Morgan fingerprint density at radius 1 is 1.18 bits per heavy atom. The molecule has 5 rings (SSSR count). The molecule has 0 aliphatic carbocycles. The van der Waals surface area contributed by atoms with Crippen molar-refractivity contribution in [2.45, 2.75) is 77.3 Å². The Labute approximate surface area is 199 Å². The van der Waals surface area contributed by atoms with Crippen molar-refractivity contribution in [2.24, 2.45) is 0 Å². The molecule has 1 amide bonds. The molecular weight excluding hydrogens is 435 g/mol. The molecule has 182 valence electrons. The van der Waals surface area contributed by atoms with Gasteiger partial charge in [-0.3, -0.25) is 9.69 Å². The van der Waals surface area contributed by atoms with Crippen LogP contribution in [0, 0.1) is 5.82 Å². The van der Waals surface area contributed by atoms with Gasteiger partial charge in [-0.25, -0.2) is 4.39 Å². The topological polar surface area (TPSA) is 80.3 Å². The number of hydrogen-bond donors (Lipinski definition) is 0. The maximum atomic E-state index is 14.7. The number of likely N-dealkylation sites (tertiary alicyclic amines) is 2. The molecule has 1 aromatic carbocycles. The number of hydrogen-bond acceptors (Lipinski definition) is 6. The van der Waals surface area contributed by atoms with Gasteiger partial charge in [0.2, 0.25) is 11.8 Å². The summed E-state index contributed by atoms with van der Waals surface area (Å²) in [4.78, 5) is 20.8. The van der Waals surface area contributed by atoms with Crippen molar-refractivity contribution in [3.8, 4) is 5.95 Å². The summed E-state index contributed by atoms with van der Waals surface area (Å²) >= 11 is 0. The van der Waals surface area contributed by atoms with E-state index in [1.54, 1.807) is 13.0 Å². The SMILES string of the molecule is CC(=O)N1CCC(N2CCC(c3nc(-n4nc(C(C)C)c5cccc(F)c54)no3)CC2C)CC1. The summed E-state index contributed by atoms with van der Waals surface area (Å²) in [6.07, 6.45) is 3.91. The second-order valence-corrected chi connectivity index (χ2v) is 10.1. The van der Waals surface area contributed by atoms with Crippen LogP contribution in [-0.2, 0) is 4.79 Å². The first kappa shape index (κ1) is 23.0. The van der Waals surface area contributed by atoms with Gasteiger partial charge in [0.1, 0.15) is 11.3 Å². The average molecular weight is 469 g/mol. The third-order valence-electron chi connectivity index (χ3n) is 7.51. The number of carbonyl (C=O) groups is 1. The van der Waals surface area contributed by atoms with E-state index in [9.17, 15) is 9.18 Å². The summed E-state index contributed by atoms with van der Waals surface area (Å²) in [5.74, 6) is 1.01. The number of benzene rings is 1. The second-order valence-electron chi connectivity index (χ2n) is 10.1. The molecule has 2 unspecified atom stereocenters. The minimum Gasteiger partial charge on any atom is -0.343 e. The molecular formula is C25H33FN6O2. The highest BCUT2D eigenvalue weighted by Crippen LogP contribution is 2.34. The summed E-state index contributed by atoms with van der Waals surface area (Å²) < 4.78 is 21.9. The summed E-state index contributed by atoms with van der Waals surface area (Å²) in [7, 11) is 0. The molecule has 0 bridgehead atoms. The van der Waals surface area contributed by atoms with Crippen molar-refractivity contribution in [1.82, 2.24) is 29.7 Å². The Balaban J connectivity index is 1.32. The van der Waals surface area contributed by atoms with Gasteiger partial charge in [-0.05, 0) is 56.3 Å². The Morgan fingerprint density at radius 2 is 1.94 bits per heavy atom. The molecule has 0 N–H and O–H groups in total. The van der Waals surface area contributed by atoms with E-state index >= 15 is 0 Å². The number of nitrogens with zero attached hydrogens (tertiary/aromatic N) is 6. The molecule has 4 heterocycles. The minimum absolute atomic E-state index is 0.143. The Kier molecular flexibility index (Phi) is 6.14. The summed E-state index contributed by atoms with van der Waals surface area (Å²) in [6.45, 7) is 10.6. The van der Waals surface area contributed by atoms with Crippen LogP contribution < -0.4 is 0 Å². The molecule has 2 saturated heterocycles. The number of para-hydroxylation sites is 1. The molecule has 2 atom stereocenters. The fourth-order valence-electron chi connectivity index (χ4n) is 5.67. The Bertz CT molecular complexity index is 1180. The lowest BCUT2D eigenvalue weighted by atomic mass is 9.88. The number of rotatable bonds is 4. The molecule has 0 radical (unpaired) electrons. The number of carbonyl (C=O) groups excluding carboxylic acids is 1. The fourth-order valence-corrected chi connectivity index (χ4v) is 5.67. The van der Waals surface area contributed by atoms with Crippen LogP contribution in [0.4, 0.5) is 4.39 Å². The van der Waals surface area contributed by atoms with Crippen LogP contribution in [0.1, 0.15) is 76.8 Å². The van der Waals surface area contributed by atoms with Gasteiger partial charge in [-0.2, -0.15) is 14.8 Å². The highest BCUT2D eigenvalue weighted by atomic mass is 19.1. The van der Waals surface area contributed by atoms with Crippen LogP contribution in [0.2, 0.25) is 0 Å². The van der Waals surface area contributed by atoms with E-state index in [4.69, 9.17) is 4.52 Å². The Hall–Kier alpha value is -2.81. The number of piperidine rings is 2. The number of aromatic nitrogens is 4. The first-order valence-corrected chi connectivity index (χ1v) is 12.4. The van der Waals surface area contributed by atoms with Crippen molar-refractivity contribution >= 4 is 16.8 Å². The molecule has 3 aromatic rings. The first-order chi connectivity index (χ1) is 16.3. The Morgan fingerprint density at radius 3 is 2.62 bits per heavy atom. The predicted molar refractivity (Wildman–Crippen MR) is 126 cm³/mol. The number of halogens is 1. The maximum absolute atomic E-state index is 14.7. The zero-order chi connectivity index (χ0) is 24.0. The first-order valence-electron chi connectivity index (χ1n) is 12.4. The molecule has 8 nitrogen and oxygen atoms in total. The van der Waals surface area contributed by atoms with Crippen LogP contribution in [0.25, 0.3) is 16.9 Å². The standard InChI is InChI=1S/C25H33FN6O2/c1-15(2)22-20-6-5-7-21(26)23(20)32(28-22)25-27-24(34-29-25)18-8-13-31(16(3)14-18)19-9-11-30(12-10-19)17(4)33/h5-7,15-16,18-19H,8-14H2,1-4H3. The molecule has 9 heteroatoms. The van der Waals surface area contributed by atoms with Crippen LogP contribution >= 0.6 is 0 Å². The maximum Gasteiger partial charge on any atom is 0.291 e. The average Bonchev–Trinajstić information content (AvgIpc) is 3.45. The second kappa shape index (κ2) is 9.09. The van der Waals surface area contributed by atoms with E-state index in [-0.39, 0.29) is 29.5 Å². The molecule has 34 heavy (non-hydrogen) atoms. The van der Waals surface area contributed by atoms with Crippen LogP contribution in [-0.4, -0.2) is 67.3 Å². The minimum atomic E-state index is -0.346. The molecule has 0 spiro atoms. The number of fused-ring (bicyclic) bond motifs is 1. The summed E-state index contributed by atoms with van der Waals surface area (Å²) in [5, 5.41) is 9.60. The summed E-state index contributed by atoms with van der Waals surface area (Å²) in [6, 6.07) is 5.92. The largest absolute Gasteiger partial charge is 0.343 e. The third-order valence-corrected chi connectivity index (χ3v) is 7.51. The zero-order valence-electron chi connectivity index (χ0n) is 20.4. The van der Waals surface area contributed by atoms with Gasteiger partial charge >= 0.3 is 0 Å². The zero-order valence-corrected chi connectivity index (χ0v) is 20.4. The van der Waals surface area contributed by atoms with E-state index in [1.807, 2.05) is 24.8 Å². The van der Waals surface area contributed by atoms with Gasteiger partial charge in [0.15, 0.2) is 0 Å². The van der Waals surface area contributed by atoms with Crippen molar-refractivity contribution in [3.05, 3.63) is 35.6 Å². The number of amides is 1. The molecule has 2 aromatic heterocycles. The van der Waals surface area contributed by atoms with Gasteiger partial charge in [-0.1, -0.05) is 26.0 Å². The lowest BCUT2D eigenvalue weighted by Crippen LogP contribution is -2.51. The van der Waals surface area contributed by atoms with Crippen molar-refractivity contribution in [2.75, 3.05) is 19.6 Å². The van der Waals surface area contributed by atoms with Crippen molar-refractivity contribution < 1.29 is 13.7 Å².